The fourth-order valence-corrected chi connectivity index (χ4v) is 2.60. The standard InChI is InChI=1S/C12H16BrNO2S/c1-2-3-6-16-12(15)8-17-11-5-4-9(14)7-10(11)13/h4-5,7H,2-3,6,8,14H2,1H3. The predicted molar refractivity (Wildman–Crippen MR) is 75.1 cm³/mol. The highest BCUT2D eigenvalue weighted by Gasteiger charge is 2.06. The minimum absolute atomic E-state index is 0.174. The van der Waals surface area contributed by atoms with E-state index in [4.69, 9.17) is 10.5 Å². The molecule has 1 aromatic carbocycles. The van der Waals surface area contributed by atoms with Crippen molar-refractivity contribution in [3.63, 3.8) is 0 Å². The summed E-state index contributed by atoms with van der Waals surface area (Å²) in [5, 5.41) is 0. The van der Waals surface area contributed by atoms with Crippen molar-refractivity contribution < 1.29 is 9.53 Å². The molecule has 0 spiro atoms. The van der Waals surface area contributed by atoms with E-state index in [-0.39, 0.29) is 5.97 Å². The van der Waals surface area contributed by atoms with Gasteiger partial charge in [-0.2, -0.15) is 0 Å². The molecular formula is C12H16BrNO2S. The number of nitrogens with two attached hydrogens (primary N) is 1. The molecule has 94 valence electrons. The molecule has 0 saturated heterocycles. The molecule has 0 radical (unpaired) electrons. The maximum absolute atomic E-state index is 11.4. The Kier molecular flexibility index (Phi) is 6.44. The highest BCUT2D eigenvalue weighted by Crippen LogP contribution is 2.29. The van der Waals surface area contributed by atoms with E-state index in [0.717, 1.165) is 22.2 Å². The first-order valence-corrected chi connectivity index (χ1v) is 7.24. The fourth-order valence-electron chi connectivity index (χ4n) is 1.14. The second-order valence-electron chi connectivity index (χ2n) is 3.55. The minimum Gasteiger partial charge on any atom is -0.465 e. The third-order valence-electron chi connectivity index (χ3n) is 2.06. The van der Waals surface area contributed by atoms with E-state index >= 15 is 0 Å². The summed E-state index contributed by atoms with van der Waals surface area (Å²) in [6, 6.07) is 5.53. The quantitative estimate of drug-likeness (QED) is 0.378. The zero-order valence-electron chi connectivity index (χ0n) is 9.74. The van der Waals surface area contributed by atoms with Gasteiger partial charge >= 0.3 is 5.97 Å². The Bertz CT molecular complexity index is 385. The lowest BCUT2D eigenvalue weighted by Crippen LogP contribution is -2.08. The number of carbonyl (C=O) groups excluding carboxylic acids is 1. The van der Waals surface area contributed by atoms with Crippen LogP contribution < -0.4 is 5.73 Å². The summed E-state index contributed by atoms with van der Waals surface area (Å²) in [4.78, 5) is 12.4. The molecule has 0 amide bonds. The van der Waals surface area contributed by atoms with Gasteiger partial charge < -0.3 is 10.5 Å². The van der Waals surface area contributed by atoms with Crippen LogP contribution in [0, 0.1) is 0 Å². The van der Waals surface area contributed by atoms with Crippen molar-refractivity contribution in [1.29, 1.82) is 0 Å². The number of nitrogen functional groups attached to an aromatic ring is 1. The van der Waals surface area contributed by atoms with Crippen molar-refractivity contribution >= 4 is 39.3 Å². The molecule has 0 bridgehead atoms. The SMILES string of the molecule is CCCCOC(=O)CSc1ccc(N)cc1Br. The molecule has 0 unspecified atom stereocenters. The third kappa shape index (κ3) is 5.46. The average molecular weight is 318 g/mol. The van der Waals surface area contributed by atoms with E-state index in [2.05, 4.69) is 22.9 Å². The molecule has 17 heavy (non-hydrogen) atoms. The van der Waals surface area contributed by atoms with Gasteiger partial charge in [-0.15, -0.1) is 11.8 Å². The first kappa shape index (κ1) is 14.4. The van der Waals surface area contributed by atoms with Gasteiger partial charge in [-0.3, -0.25) is 4.79 Å². The Morgan fingerprint density at radius 3 is 2.94 bits per heavy atom. The first-order valence-electron chi connectivity index (χ1n) is 5.47. The third-order valence-corrected chi connectivity index (χ3v) is 4.03. The van der Waals surface area contributed by atoms with Gasteiger partial charge in [-0.25, -0.2) is 0 Å². The van der Waals surface area contributed by atoms with Crippen molar-refractivity contribution in [3.8, 4) is 0 Å². The number of thioether (sulfide) groups is 1. The van der Waals surface area contributed by atoms with Gasteiger partial charge in [0.05, 0.1) is 12.4 Å². The molecule has 5 heteroatoms. The number of anilines is 1. The van der Waals surface area contributed by atoms with E-state index in [1.165, 1.54) is 11.8 Å². The van der Waals surface area contributed by atoms with Crippen molar-refractivity contribution in [2.45, 2.75) is 24.7 Å². The van der Waals surface area contributed by atoms with Crippen molar-refractivity contribution in [2.24, 2.45) is 0 Å². The van der Waals surface area contributed by atoms with Gasteiger partial charge in [0.2, 0.25) is 0 Å². The zero-order valence-corrected chi connectivity index (χ0v) is 12.1. The summed E-state index contributed by atoms with van der Waals surface area (Å²) in [6.45, 7) is 2.58. The first-order chi connectivity index (χ1) is 8.13. The molecule has 0 aliphatic rings. The number of esters is 1. The van der Waals surface area contributed by atoms with Crippen LogP contribution >= 0.6 is 27.7 Å². The number of rotatable bonds is 6. The monoisotopic (exact) mass is 317 g/mol. The van der Waals surface area contributed by atoms with Crippen LogP contribution in [0.25, 0.3) is 0 Å². The Morgan fingerprint density at radius 2 is 2.29 bits per heavy atom. The number of carbonyl (C=O) groups is 1. The number of unbranched alkanes of at least 4 members (excludes halogenated alkanes) is 1. The van der Waals surface area contributed by atoms with Gasteiger partial charge in [-0.05, 0) is 40.5 Å². The van der Waals surface area contributed by atoms with Crippen molar-refractivity contribution in [1.82, 2.24) is 0 Å². The Labute approximate surface area is 114 Å². The second kappa shape index (κ2) is 7.61. The Morgan fingerprint density at radius 1 is 1.53 bits per heavy atom. The maximum atomic E-state index is 11.4. The highest BCUT2D eigenvalue weighted by molar-refractivity contribution is 9.10. The van der Waals surface area contributed by atoms with Crippen LogP contribution in [0.15, 0.2) is 27.6 Å². The second-order valence-corrected chi connectivity index (χ2v) is 5.42. The number of halogens is 1. The van der Waals surface area contributed by atoms with E-state index in [1.807, 2.05) is 18.2 Å². The zero-order chi connectivity index (χ0) is 12.7. The van der Waals surface area contributed by atoms with Gasteiger partial charge in [0, 0.05) is 15.1 Å². The summed E-state index contributed by atoms with van der Waals surface area (Å²) < 4.78 is 5.97. The minimum atomic E-state index is -0.174. The number of hydrogen-bond acceptors (Lipinski definition) is 4. The fraction of sp³-hybridized carbons (Fsp3) is 0.417. The van der Waals surface area contributed by atoms with Crippen LogP contribution in [0.3, 0.4) is 0 Å². The molecule has 2 N–H and O–H groups in total. The van der Waals surface area contributed by atoms with Gasteiger partial charge in [0.1, 0.15) is 0 Å². The number of hydrogen-bond donors (Lipinski definition) is 1. The lowest BCUT2D eigenvalue weighted by atomic mass is 10.3. The number of benzene rings is 1. The summed E-state index contributed by atoms with van der Waals surface area (Å²) in [5.74, 6) is 0.152. The van der Waals surface area contributed by atoms with Crippen LogP contribution in [-0.2, 0) is 9.53 Å². The van der Waals surface area contributed by atoms with Crippen LogP contribution in [0.2, 0.25) is 0 Å². The lowest BCUT2D eigenvalue weighted by Gasteiger charge is -2.06. The summed E-state index contributed by atoms with van der Waals surface area (Å²) in [7, 11) is 0. The van der Waals surface area contributed by atoms with Crippen LogP contribution in [0.1, 0.15) is 19.8 Å². The molecule has 0 aliphatic carbocycles. The van der Waals surface area contributed by atoms with Gasteiger partial charge in [0.15, 0.2) is 0 Å². The van der Waals surface area contributed by atoms with E-state index in [1.54, 1.807) is 0 Å². The normalized spacial score (nSPS) is 10.2. The lowest BCUT2D eigenvalue weighted by molar-refractivity contribution is -0.140. The van der Waals surface area contributed by atoms with Crippen LogP contribution in [0.4, 0.5) is 5.69 Å². The van der Waals surface area contributed by atoms with E-state index in [9.17, 15) is 4.79 Å². The van der Waals surface area contributed by atoms with Crippen LogP contribution in [-0.4, -0.2) is 18.3 Å². The maximum Gasteiger partial charge on any atom is 0.316 e. The average Bonchev–Trinajstić information content (AvgIpc) is 2.28. The molecule has 0 aromatic heterocycles. The Balaban J connectivity index is 2.37. The van der Waals surface area contributed by atoms with Crippen molar-refractivity contribution in [2.75, 3.05) is 18.1 Å². The highest BCUT2D eigenvalue weighted by atomic mass is 79.9. The van der Waals surface area contributed by atoms with Gasteiger partial charge in [-0.1, -0.05) is 13.3 Å². The van der Waals surface area contributed by atoms with E-state index in [0.29, 0.717) is 18.0 Å². The molecule has 0 heterocycles. The van der Waals surface area contributed by atoms with Crippen molar-refractivity contribution in [3.05, 3.63) is 22.7 Å². The topological polar surface area (TPSA) is 52.3 Å². The molecular weight excluding hydrogens is 302 g/mol. The van der Waals surface area contributed by atoms with Crippen LogP contribution in [0.5, 0.6) is 0 Å². The van der Waals surface area contributed by atoms with Gasteiger partial charge in [0.25, 0.3) is 0 Å². The Hall–Kier alpha value is -0.680. The molecule has 1 rings (SSSR count). The molecule has 0 saturated carbocycles. The largest absolute Gasteiger partial charge is 0.465 e. The molecule has 0 aliphatic heterocycles. The molecule has 0 fully saturated rings. The van der Waals surface area contributed by atoms with E-state index < -0.39 is 0 Å². The predicted octanol–water partition coefficient (Wildman–Crippen LogP) is 3.47. The summed E-state index contributed by atoms with van der Waals surface area (Å²) in [5.41, 5.74) is 6.33. The molecule has 3 nitrogen and oxygen atoms in total. The smallest absolute Gasteiger partial charge is 0.316 e. The number of ether oxygens (including phenoxy) is 1. The molecule has 1 aromatic rings. The molecule has 0 atom stereocenters. The summed E-state index contributed by atoms with van der Waals surface area (Å²) in [6.07, 6.45) is 1.95. The summed E-state index contributed by atoms with van der Waals surface area (Å²) >= 11 is 4.85.